The van der Waals surface area contributed by atoms with Crippen molar-refractivity contribution in [3.63, 3.8) is 0 Å². The molecule has 19 heavy (non-hydrogen) atoms. The highest BCUT2D eigenvalue weighted by atomic mass is 35.5. The van der Waals surface area contributed by atoms with E-state index in [-0.39, 0.29) is 0 Å². The Bertz CT molecular complexity index is 552. The third-order valence-electron chi connectivity index (χ3n) is 2.98. The summed E-state index contributed by atoms with van der Waals surface area (Å²) in [5.41, 5.74) is 2.52. The normalized spacial score (nSPS) is 10.5. The maximum absolute atomic E-state index is 6.02. The van der Waals surface area contributed by atoms with Gasteiger partial charge in [-0.25, -0.2) is 9.97 Å². The average Bonchev–Trinajstić information content (AvgIpc) is 2.40. The van der Waals surface area contributed by atoms with Gasteiger partial charge in [0.25, 0.3) is 0 Å². The predicted molar refractivity (Wildman–Crippen MR) is 79.7 cm³/mol. The van der Waals surface area contributed by atoms with Crippen LogP contribution >= 0.6 is 11.6 Å². The van der Waals surface area contributed by atoms with Gasteiger partial charge in [0.05, 0.1) is 0 Å². The SMILES string of the molecule is CCc1nc(Cl)cc(N(C)Cc2ccc(C)cc2)n1. The smallest absolute Gasteiger partial charge is 0.134 e. The molecule has 0 radical (unpaired) electrons. The van der Waals surface area contributed by atoms with E-state index in [0.717, 1.165) is 24.6 Å². The monoisotopic (exact) mass is 275 g/mol. The molecular weight excluding hydrogens is 258 g/mol. The largest absolute Gasteiger partial charge is 0.355 e. The number of benzene rings is 1. The minimum Gasteiger partial charge on any atom is -0.355 e. The summed E-state index contributed by atoms with van der Waals surface area (Å²) in [5.74, 6) is 1.63. The highest BCUT2D eigenvalue weighted by Gasteiger charge is 2.07. The predicted octanol–water partition coefficient (Wildman–Crippen LogP) is 3.64. The van der Waals surface area contributed by atoms with Crippen molar-refractivity contribution in [3.05, 3.63) is 52.4 Å². The van der Waals surface area contributed by atoms with E-state index in [0.29, 0.717) is 5.15 Å². The first-order chi connectivity index (χ1) is 9.08. The number of aryl methyl sites for hydroxylation is 2. The second kappa shape index (κ2) is 6.02. The Morgan fingerprint density at radius 2 is 1.84 bits per heavy atom. The van der Waals surface area contributed by atoms with E-state index in [1.54, 1.807) is 6.07 Å². The van der Waals surface area contributed by atoms with Gasteiger partial charge in [0.2, 0.25) is 0 Å². The Balaban J connectivity index is 2.17. The van der Waals surface area contributed by atoms with Gasteiger partial charge in [-0.15, -0.1) is 0 Å². The molecule has 0 aliphatic rings. The van der Waals surface area contributed by atoms with Gasteiger partial charge in [-0.05, 0) is 12.5 Å². The van der Waals surface area contributed by atoms with Gasteiger partial charge in [-0.2, -0.15) is 0 Å². The number of hydrogen-bond donors (Lipinski definition) is 0. The maximum Gasteiger partial charge on any atom is 0.134 e. The molecular formula is C15H18ClN3. The summed E-state index contributed by atoms with van der Waals surface area (Å²) in [6.07, 6.45) is 0.784. The van der Waals surface area contributed by atoms with Crippen LogP contribution in [-0.4, -0.2) is 17.0 Å². The number of aromatic nitrogens is 2. The topological polar surface area (TPSA) is 29.0 Å². The molecule has 0 aliphatic heterocycles. The zero-order valence-corrected chi connectivity index (χ0v) is 12.3. The first kappa shape index (κ1) is 13.8. The third-order valence-corrected chi connectivity index (χ3v) is 3.17. The number of halogens is 1. The van der Waals surface area contributed by atoms with Gasteiger partial charge >= 0.3 is 0 Å². The van der Waals surface area contributed by atoms with Crippen LogP contribution in [-0.2, 0) is 13.0 Å². The van der Waals surface area contributed by atoms with Crippen LogP contribution in [0.25, 0.3) is 0 Å². The highest BCUT2D eigenvalue weighted by Crippen LogP contribution is 2.17. The molecule has 100 valence electrons. The molecule has 0 unspecified atom stereocenters. The van der Waals surface area contributed by atoms with E-state index in [9.17, 15) is 0 Å². The number of anilines is 1. The van der Waals surface area contributed by atoms with Crippen molar-refractivity contribution in [2.75, 3.05) is 11.9 Å². The Labute approximate surface area is 119 Å². The number of nitrogens with zero attached hydrogens (tertiary/aromatic N) is 3. The lowest BCUT2D eigenvalue weighted by molar-refractivity contribution is 0.858. The summed E-state index contributed by atoms with van der Waals surface area (Å²) in [6.45, 7) is 4.91. The summed E-state index contributed by atoms with van der Waals surface area (Å²) in [6, 6.07) is 10.3. The Kier molecular flexibility index (Phi) is 4.38. The van der Waals surface area contributed by atoms with Gasteiger partial charge in [-0.1, -0.05) is 48.4 Å². The van der Waals surface area contributed by atoms with Crippen LogP contribution in [0.2, 0.25) is 5.15 Å². The van der Waals surface area contributed by atoms with Crippen molar-refractivity contribution in [2.24, 2.45) is 0 Å². The molecule has 0 atom stereocenters. The summed E-state index contributed by atoms with van der Waals surface area (Å²) >= 11 is 6.02. The van der Waals surface area contributed by atoms with Crippen molar-refractivity contribution in [1.82, 2.24) is 9.97 Å². The minimum absolute atomic E-state index is 0.498. The van der Waals surface area contributed by atoms with E-state index >= 15 is 0 Å². The molecule has 4 heteroatoms. The van der Waals surface area contributed by atoms with Gasteiger partial charge in [0, 0.05) is 26.1 Å². The fourth-order valence-electron chi connectivity index (χ4n) is 1.85. The number of hydrogen-bond acceptors (Lipinski definition) is 3. The lowest BCUT2D eigenvalue weighted by atomic mass is 10.1. The average molecular weight is 276 g/mol. The van der Waals surface area contributed by atoms with Crippen LogP contribution in [0.3, 0.4) is 0 Å². The first-order valence-corrected chi connectivity index (χ1v) is 6.76. The van der Waals surface area contributed by atoms with E-state index in [2.05, 4.69) is 46.1 Å². The first-order valence-electron chi connectivity index (χ1n) is 6.38. The molecule has 2 rings (SSSR count). The lowest BCUT2D eigenvalue weighted by Crippen LogP contribution is -2.18. The van der Waals surface area contributed by atoms with E-state index in [1.165, 1.54) is 11.1 Å². The van der Waals surface area contributed by atoms with Crippen molar-refractivity contribution in [1.29, 1.82) is 0 Å². The molecule has 1 aromatic carbocycles. The fourth-order valence-corrected chi connectivity index (χ4v) is 2.05. The summed E-state index contributed by atoms with van der Waals surface area (Å²) in [5, 5.41) is 0.498. The molecule has 1 aromatic heterocycles. The lowest BCUT2D eigenvalue weighted by Gasteiger charge is -2.19. The maximum atomic E-state index is 6.02. The van der Waals surface area contributed by atoms with Crippen LogP contribution in [0.4, 0.5) is 5.82 Å². The second-order valence-electron chi connectivity index (χ2n) is 4.66. The molecule has 0 spiro atoms. The van der Waals surface area contributed by atoms with Crippen molar-refractivity contribution in [3.8, 4) is 0 Å². The summed E-state index contributed by atoms with van der Waals surface area (Å²) < 4.78 is 0. The summed E-state index contributed by atoms with van der Waals surface area (Å²) in [4.78, 5) is 10.8. The van der Waals surface area contributed by atoms with Crippen LogP contribution in [0.5, 0.6) is 0 Å². The van der Waals surface area contributed by atoms with Gasteiger partial charge in [0.15, 0.2) is 0 Å². The number of rotatable bonds is 4. The molecule has 0 aliphatic carbocycles. The summed E-state index contributed by atoms with van der Waals surface area (Å²) in [7, 11) is 2.01. The Hall–Kier alpha value is -1.61. The quantitative estimate of drug-likeness (QED) is 0.798. The standard InChI is InChI=1S/C15H18ClN3/c1-4-14-17-13(16)9-15(18-14)19(3)10-12-7-5-11(2)6-8-12/h5-9H,4,10H2,1-3H3. The molecule has 0 N–H and O–H groups in total. The molecule has 1 heterocycles. The van der Waals surface area contributed by atoms with Crippen molar-refractivity contribution >= 4 is 17.4 Å². The van der Waals surface area contributed by atoms with Gasteiger partial charge < -0.3 is 4.90 Å². The second-order valence-corrected chi connectivity index (χ2v) is 5.05. The zero-order chi connectivity index (χ0) is 13.8. The fraction of sp³-hybridized carbons (Fsp3) is 0.333. The molecule has 2 aromatic rings. The Morgan fingerprint density at radius 3 is 2.47 bits per heavy atom. The van der Waals surface area contributed by atoms with E-state index in [1.807, 2.05) is 14.0 Å². The van der Waals surface area contributed by atoms with E-state index < -0.39 is 0 Å². The van der Waals surface area contributed by atoms with Crippen molar-refractivity contribution in [2.45, 2.75) is 26.8 Å². The van der Waals surface area contributed by atoms with Crippen molar-refractivity contribution < 1.29 is 0 Å². The minimum atomic E-state index is 0.498. The van der Waals surface area contributed by atoms with Crippen LogP contribution in [0.1, 0.15) is 23.9 Å². The van der Waals surface area contributed by atoms with Gasteiger partial charge in [-0.3, -0.25) is 0 Å². The van der Waals surface area contributed by atoms with Crippen LogP contribution in [0.15, 0.2) is 30.3 Å². The molecule has 0 saturated carbocycles. The third kappa shape index (κ3) is 3.67. The van der Waals surface area contributed by atoms with Crippen LogP contribution < -0.4 is 4.90 Å². The highest BCUT2D eigenvalue weighted by molar-refractivity contribution is 6.29. The van der Waals surface area contributed by atoms with E-state index in [4.69, 9.17) is 11.6 Å². The van der Waals surface area contributed by atoms with Gasteiger partial charge in [0.1, 0.15) is 16.8 Å². The molecule has 0 bridgehead atoms. The Morgan fingerprint density at radius 1 is 1.16 bits per heavy atom. The molecule has 3 nitrogen and oxygen atoms in total. The molecule has 0 saturated heterocycles. The zero-order valence-electron chi connectivity index (χ0n) is 11.5. The molecule has 0 fully saturated rings. The van der Waals surface area contributed by atoms with Crippen LogP contribution in [0, 0.1) is 6.92 Å². The molecule has 0 amide bonds.